The average Bonchev–Trinajstić information content (AvgIpc) is 3.09. The van der Waals surface area contributed by atoms with Crippen LogP contribution in [-0.4, -0.2) is 40.8 Å². The number of ether oxygens (including phenoxy) is 2. The number of methoxy groups -OCH3 is 2. The number of hydrogen-bond acceptors (Lipinski definition) is 4. The highest BCUT2D eigenvalue weighted by atomic mass is 16.5. The third-order valence-electron chi connectivity index (χ3n) is 4.91. The molecule has 6 nitrogen and oxygen atoms in total. The largest absolute Gasteiger partial charge is 0.497 e. The van der Waals surface area contributed by atoms with Gasteiger partial charge in [-0.2, -0.15) is 0 Å². The first kappa shape index (κ1) is 19.8. The summed E-state index contributed by atoms with van der Waals surface area (Å²) in [5.41, 5.74) is 2.71. The van der Waals surface area contributed by atoms with Crippen molar-refractivity contribution in [3.63, 3.8) is 0 Å². The zero-order chi connectivity index (χ0) is 20.1. The minimum Gasteiger partial charge on any atom is -0.497 e. The third-order valence-corrected chi connectivity index (χ3v) is 4.91. The van der Waals surface area contributed by atoms with Crippen molar-refractivity contribution in [3.05, 3.63) is 59.9 Å². The van der Waals surface area contributed by atoms with Crippen LogP contribution >= 0.6 is 0 Å². The summed E-state index contributed by atoms with van der Waals surface area (Å²) in [6, 6.07) is 13.7. The van der Waals surface area contributed by atoms with Crippen LogP contribution in [0.3, 0.4) is 0 Å². The number of benzene rings is 2. The molecule has 0 saturated carbocycles. The standard InChI is InChI=1S/C22H26N2O4/c1-24(2)20(15-6-5-7-17(10-15)26-3)13-23-22(25)11-16-14-28-21-12-18(27-4)8-9-19(16)21/h5-10,12,14,20H,11,13H2,1-4H3,(H,23,25)/p+1/t20-/m0/s1. The first-order valence-electron chi connectivity index (χ1n) is 9.26. The number of carbonyl (C=O) groups excluding carboxylic acids is 1. The van der Waals surface area contributed by atoms with E-state index in [4.69, 9.17) is 13.9 Å². The number of carbonyl (C=O) groups is 1. The molecule has 148 valence electrons. The van der Waals surface area contributed by atoms with E-state index in [0.29, 0.717) is 12.1 Å². The summed E-state index contributed by atoms with van der Waals surface area (Å²) in [6.45, 7) is 0.540. The lowest BCUT2D eigenvalue weighted by atomic mass is 10.1. The predicted octanol–water partition coefficient (Wildman–Crippen LogP) is 1.99. The Balaban J connectivity index is 1.66. The Morgan fingerprint density at radius 3 is 2.57 bits per heavy atom. The molecule has 1 atom stereocenters. The summed E-state index contributed by atoms with van der Waals surface area (Å²) in [5.74, 6) is 1.51. The number of rotatable bonds is 8. The monoisotopic (exact) mass is 383 g/mol. The molecule has 0 radical (unpaired) electrons. The molecule has 2 aromatic carbocycles. The molecule has 1 amide bonds. The van der Waals surface area contributed by atoms with Crippen LogP contribution in [0.15, 0.2) is 53.1 Å². The summed E-state index contributed by atoms with van der Waals surface area (Å²) in [6.07, 6.45) is 1.91. The molecule has 0 fully saturated rings. The van der Waals surface area contributed by atoms with E-state index in [2.05, 4.69) is 25.5 Å². The molecule has 1 heterocycles. The minimum absolute atomic E-state index is 0.0346. The van der Waals surface area contributed by atoms with Crippen LogP contribution in [0.5, 0.6) is 11.5 Å². The summed E-state index contributed by atoms with van der Waals surface area (Å²) in [5, 5.41) is 3.99. The molecular weight excluding hydrogens is 356 g/mol. The number of quaternary nitrogens is 1. The average molecular weight is 383 g/mol. The Bertz CT molecular complexity index is 949. The highest BCUT2D eigenvalue weighted by molar-refractivity contribution is 5.88. The van der Waals surface area contributed by atoms with E-state index < -0.39 is 0 Å². The second-order valence-corrected chi connectivity index (χ2v) is 7.01. The van der Waals surface area contributed by atoms with Crippen LogP contribution < -0.4 is 19.7 Å². The number of amides is 1. The van der Waals surface area contributed by atoms with Gasteiger partial charge in [0, 0.05) is 22.6 Å². The van der Waals surface area contributed by atoms with Gasteiger partial charge in [-0.25, -0.2) is 0 Å². The fraction of sp³-hybridized carbons (Fsp3) is 0.318. The van der Waals surface area contributed by atoms with Gasteiger partial charge in [-0.3, -0.25) is 4.79 Å². The molecular formula is C22H27N2O4+. The lowest BCUT2D eigenvalue weighted by Crippen LogP contribution is -3.07. The molecule has 28 heavy (non-hydrogen) atoms. The molecule has 0 unspecified atom stereocenters. The molecule has 0 aliphatic rings. The van der Waals surface area contributed by atoms with Crippen molar-refractivity contribution in [1.82, 2.24) is 5.32 Å². The molecule has 2 N–H and O–H groups in total. The fourth-order valence-corrected chi connectivity index (χ4v) is 3.29. The fourth-order valence-electron chi connectivity index (χ4n) is 3.29. The zero-order valence-corrected chi connectivity index (χ0v) is 16.7. The van der Waals surface area contributed by atoms with Gasteiger partial charge in [0.05, 0.1) is 47.5 Å². The Morgan fingerprint density at radius 2 is 1.86 bits per heavy atom. The van der Waals surface area contributed by atoms with Gasteiger partial charge in [0.1, 0.15) is 23.1 Å². The van der Waals surface area contributed by atoms with Crippen molar-refractivity contribution in [2.75, 3.05) is 34.9 Å². The number of fused-ring (bicyclic) bond motifs is 1. The van der Waals surface area contributed by atoms with Gasteiger partial charge in [-0.05, 0) is 24.3 Å². The highest BCUT2D eigenvalue weighted by Gasteiger charge is 2.20. The maximum Gasteiger partial charge on any atom is 0.224 e. The molecule has 0 saturated heterocycles. The van der Waals surface area contributed by atoms with E-state index in [-0.39, 0.29) is 18.4 Å². The van der Waals surface area contributed by atoms with Crippen molar-refractivity contribution < 1.29 is 23.6 Å². The van der Waals surface area contributed by atoms with Crippen molar-refractivity contribution >= 4 is 16.9 Å². The Kier molecular flexibility index (Phi) is 6.21. The van der Waals surface area contributed by atoms with Crippen molar-refractivity contribution in [1.29, 1.82) is 0 Å². The van der Waals surface area contributed by atoms with E-state index >= 15 is 0 Å². The van der Waals surface area contributed by atoms with Crippen LogP contribution in [0, 0.1) is 0 Å². The van der Waals surface area contributed by atoms with Crippen molar-refractivity contribution in [2.45, 2.75) is 12.5 Å². The topological polar surface area (TPSA) is 65.1 Å². The zero-order valence-electron chi connectivity index (χ0n) is 16.7. The summed E-state index contributed by atoms with van der Waals surface area (Å²) in [4.78, 5) is 13.8. The molecule has 6 heteroatoms. The second-order valence-electron chi connectivity index (χ2n) is 7.01. The van der Waals surface area contributed by atoms with Crippen LogP contribution in [0.2, 0.25) is 0 Å². The Labute approximate surface area is 165 Å². The summed E-state index contributed by atoms with van der Waals surface area (Å²) >= 11 is 0. The summed E-state index contributed by atoms with van der Waals surface area (Å²) in [7, 11) is 7.42. The van der Waals surface area contributed by atoms with Gasteiger partial charge in [0.2, 0.25) is 5.91 Å². The van der Waals surface area contributed by atoms with E-state index in [9.17, 15) is 4.79 Å². The lowest BCUT2D eigenvalue weighted by Gasteiger charge is -2.22. The van der Waals surface area contributed by atoms with E-state index in [1.807, 2.05) is 36.4 Å². The van der Waals surface area contributed by atoms with Gasteiger partial charge in [-0.15, -0.1) is 0 Å². The Morgan fingerprint density at radius 1 is 1.11 bits per heavy atom. The van der Waals surface area contributed by atoms with Crippen LogP contribution in [0.4, 0.5) is 0 Å². The predicted molar refractivity (Wildman–Crippen MR) is 108 cm³/mol. The molecule has 0 aliphatic heterocycles. The number of nitrogens with one attached hydrogen (secondary N) is 2. The smallest absolute Gasteiger partial charge is 0.224 e. The quantitative estimate of drug-likeness (QED) is 0.624. The molecule has 3 aromatic rings. The van der Waals surface area contributed by atoms with Crippen molar-refractivity contribution in [2.24, 2.45) is 0 Å². The van der Waals surface area contributed by atoms with E-state index in [1.165, 1.54) is 4.90 Å². The number of likely N-dealkylation sites (N-methyl/N-ethyl adjacent to an activating group) is 1. The third kappa shape index (κ3) is 4.46. The van der Waals surface area contributed by atoms with Crippen molar-refractivity contribution in [3.8, 4) is 11.5 Å². The number of furan rings is 1. The maximum atomic E-state index is 12.5. The normalized spacial score (nSPS) is 12.2. The van der Waals surface area contributed by atoms with Gasteiger partial charge in [0.15, 0.2) is 0 Å². The highest BCUT2D eigenvalue weighted by Crippen LogP contribution is 2.26. The molecule has 3 rings (SSSR count). The SMILES string of the molecule is COc1cccc([C@H](CNC(=O)Cc2coc3cc(OC)ccc23)[NH+](C)C)c1. The number of hydrogen-bond donors (Lipinski definition) is 2. The van der Waals surface area contributed by atoms with E-state index in [1.54, 1.807) is 20.5 Å². The minimum atomic E-state index is -0.0346. The van der Waals surface area contributed by atoms with Gasteiger partial charge in [-0.1, -0.05) is 12.1 Å². The second kappa shape index (κ2) is 8.80. The van der Waals surface area contributed by atoms with Crippen LogP contribution in [0.1, 0.15) is 17.2 Å². The first-order chi connectivity index (χ1) is 13.5. The summed E-state index contributed by atoms with van der Waals surface area (Å²) < 4.78 is 16.1. The molecule has 1 aromatic heterocycles. The van der Waals surface area contributed by atoms with Gasteiger partial charge in [0.25, 0.3) is 0 Å². The van der Waals surface area contributed by atoms with Gasteiger partial charge < -0.3 is 24.1 Å². The van der Waals surface area contributed by atoms with Crippen LogP contribution in [-0.2, 0) is 11.2 Å². The van der Waals surface area contributed by atoms with Crippen LogP contribution in [0.25, 0.3) is 11.0 Å². The maximum absolute atomic E-state index is 12.5. The Hall–Kier alpha value is -2.99. The molecule has 0 spiro atoms. The van der Waals surface area contributed by atoms with E-state index in [0.717, 1.165) is 28.0 Å². The molecule has 0 bridgehead atoms. The first-order valence-corrected chi connectivity index (χ1v) is 9.26. The molecule has 0 aliphatic carbocycles. The lowest BCUT2D eigenvalue weighted by molar-refractivity contribution is -0.890. The van der Waals surface area contributed by atoms with Gasteiger partial charge >= 0.3 is 0 Å².